The molecule has 1 aliphatic rings. The summed E-state index contributed by atoms with van der Waals surface area (Å²) in [7, 11) is -5.89. The van der Waals surface area contributed by atoms with E-state index >= 15 is 0 Å². The monoisotopic (exact) mass is 820 g/mol. The van der Waals surface area contributed by atoms with E-state index < -0.39 is 29.0 Å². The molecule has 4 atom stereocenters. The normalized spacial score (nSPS) is 19.9. The van der Waals surface area contributed by atoms with Gasteiger partial charge in [-0.1, -0.05) is 0 Å². The molecule has 0 radical (unpaired) electrons. The average molecular weight is 820 g/mol. The third-order valence-electron chi connectivity index (χ3n) is 10.6. The molecule has 1 saturated heterocycles. The van der Waals surface area contributed by atoms with E-state index in [4.69, 9.17) is 18.3 Å². The Morgan fingerprint density at radius 2 is 1.02 bits per heavy atom. The predicted molar refractivity (Wildman–Crippen MR) is 231 cm³/mol. The first kappa shape index (κ1) is 40.3. The zero-order chi connectivity index (χ0) is 38.2. The summed E-state index contributed by atoms with van der Waals surface area (Å²) in [4.78, 5) is 0. The molecule has 2 unspecified atom stereocenters. The van der Waals surface area contributed by atoms with E-state index in [1.165, 1.54) is 25.2 Å². The fourth-order valence-corrected chi connectivity index (χ4v) is 19.1. The molecule has 282 valence electrons. The van der Waals surface area contributed by atoms with Gasteiger partial charge in [-0.05, 0) is 0 Å². The van der Waals surface area contributed by atoms with Crippen LogP contribution in [0.4, 0.5) is 0 Å². The first-order valence-corrected chi connectivity index (χ1v) is 25.0. The van der Waals surface area contributed by atoms with E-state index in [1.807, 2.05) is 6.08 Å². The van der Waals surface area contributed by atoms with Gasteiger partial charge in [0.1, 0.15) is 0 Å². The molecule has 5 aromatic carbocycles. The maximum atomic E-state index is 7.94. The molecule has 0 aliphatic carbocycles. The van der Waals surface area contributed by atoms with E-state index in [-0.39, 0.29) is 37.2 Å². The zero-order valence-electron chi connectivity index (χ0n) is 32.7. The molecule has 1 aliphatic heterocycles. The van der Waals surface area contributed by atoms with Crippen molar-refractivity contribution in [3.63, 3.8) is 0 Å². The molecule has 0 spiro atoms. The van der Waals surface area contributed by atoms with Crippen LogP contribution in [0.2, 0.25) is 15.4 Å². The van der Waals surface area contributed by atoms with Gasteiger partial charge in [0, 0.05) is 0 Å². The van der Waals surface area contributed by atoms with Crippen molar-refractivity contribution in [3.05, 3.63) is 164 Å². The molecule has 0 bridgehead atoms. The van der Waals surface area contributed by atoms with Crippen LogP contribution in [0.5, 0.6) is 0 Å². The molecule has 0 amide bonds. The van der Waals surface area contributed by atoms with Crippen LogP contribution in [0.1, 0.15) is 48.0 Å². The molecule has 0 aromatic heterocycles. The van der Waals surface area contributed by atoms with Gasteiger partial charge in [-0.15, -0.1) is 0 Å². The summed E-state index contributed by atoms with van der Waals surface area (Å²) in [6, 6.07) is 54.1. The van der Waals surface area contributed by atoms with Crippen molar-refractivity contribution < 1.29 is 18.3 Å². The second kappa shape index (κ2) is 17.6. The van der Waals surface area contributed by atoms with Crippen LogP contribution >= 0.6 is 0 Å². The quantitative estimate of drug-likeness (QED) is 0.0905. The van der Waals surface area contributed by atoms with Gasteiger partial charge in [-0.25, -0.2) is 0 Å². The minimum absolute atomic E-state index is 0.153. The topological polar surface area (TPSA) is 36.9 Å². The molecule has 1 heterocycles. The Labute approximate surface area is 332 Å². The van der Waals surface area contributed by atoms with Crippen molar-refractivity contribution in [2.75, 3.05) is 6.61 Å². The number of benzene rings is 5. The fraction of sp³-hybridized carbons (Fsp3) is 0.319. The van der Waals surface area contributed by atoms with Crippen molar-refractivity contribution in [1.29, 1.82) is 0 Å². The Hall–Kier alpha value is -3.37. The van der Waals surface area contributed by atoms with Crippen molar-refractivity contribution in [3.8, 4) is 0 Å². The van der Waals surface area contributed by atoms with E-state index in [1.54, 1.807) is 0 Å². The Balaban J connectivity index is 1.47. The van der Waals surface area contributed by atoms with Crippen molar-refractivity contribution in [2.24, 2.45) is 0 Å². The summed E-state index contributed by atoms with van der Waals surface area (Å²) < 4.78 is 30.9. The van der Waals surface area contributed by atoms with Crippen LogP contribution in [-0.4, -0.2) is 62.8 Å². The maximum absolute atomic E-state index is 7.94. The van der Waals surface area contributed by atoms with Gasteiger partial charge in [-0.3, -0.25) is 0 Å². The summed E-state index contributed by atoms with van der Waals surface area (Å²) in [5.41, 5.74) is 0. The number of rotatable bonds is 13. The van der Waals surface area contributed by atoms with Gasteiger partial charge in [0.2, 0.25) is 0 Å². The summed E-state index contributed by atoms with van der Waals surface area (Å²) in [6.07, 6.45) is 1.11. The molecular weight excluding hydrogens is 764 g/mol. The molecule has 1 fully saturated rings. The van der Waals surface area contributed by atoms with Crippen LogP contribution in [0.3, 0.4) is 0 Å². The van der Waals surface area contributed by atoms with Gasteiger partial charge >= 0.3 is 334 Å². The minimum atomic E-state index is -2.99. The van der Waals surface area contributed by atoms with Gasteiger partial charge < -0.3 is 0 Å². The summed E-state index contributed by atoms with van der Waals surface area (Å²) in [6.45, 7) is 18.6. The van der Waals surface area contributed by atoms with Crippen LogP contribution in [0, 0.1) is 0 Å². The van der Waals surface area contributed by atoms with E-state index in [9.17, 15) is 0 Å². The van der Waals surface area contributed by atoms with Gasteiger partial charge in [0.25, 0.3) is 0 Å². The first-order valence-electron chi connectivity index (χ1n) is 19.1. The van der Waals surface area contributed by atoms with Crippen molar-refractivity contribution >= 4 is 56.8 Å². The molecule has 4 nitrogen and oxygen atoms in total. The van der Waals surface area contributed by atoms with Crippen molar-refractivity contribution in [2.45, 2.75) is 88.0 Å². The van der Waals surface area contributed by atoms with Crippen LogP contribution in [0.15, 0.2) is 164 Å². The molecule has 7 heteroatoms. The third kappa shape index (κ3) is 8.70. The number of hydrogen-bond acceptors (Lipinski definition) is 4. The van der Waals surface area contributed by atoms with Crippen LogP contribution in [0.25, 0.3) is 0 Å². The molecule has 5 aromatic rings. The first-order chi connectivity index (χ1) is 26.0. The average Bonchev–Trinajstić information content (AvgIpc) is 3.35. The van der Waals surface area contributed by atoms with Crippen LogP contribution in [-0.2, 0) is 18.3 Å². The Kier molecular flexibility index (Phi) is 13.1. The summed E-state index contributed by atoms with van der Waals surface area (Å²) in [5, 5.41) is 5.32. The Bertz CT molecular complexity index is 1800. The van der Waals surface area contributed by atoms with Crippen molar-refractivity contribution in [1.82, 2.24) is 0 Å². The molecular formula is C47H56O4SeSi2. The Morgan fingerprint density at radius 3 is 1.43 bits per heavy atom. The molecule has 0 saturated carbocycles. The fourth-order valence-electron chi connectivity index (χ4n) is 8.01. The second-order valence-electron chi connectivity index (χ2n) is 16.2. The number of ether oxygens (including phenoxy) is 2. The van der Waals surface area contributed by atoms with E-state index in [0.29, 0.717) is 13.0 Å². The predicted octanol–water partition coefficient (Wildman–Crippen LogP) is 7.64. The second-order valence-corrected chi connectivity index (χ2v) is 27.0. The van der Waals surface area contributed by atoms with E-state index in [2.05, 4.69) is 200 Å². The Morgan fingerprint density at radius 1 is 0.611 bits per heavy atom. The van der Waals surface area contributed by atoms with Gasteiger partial charge in [-0.2, -0.15) is 0 Å². The molecule has 54 heavy (non-hydrogen) atoms. The summed E-state index contributed by atoms with van der Waals surface area (Å²) in [5.74, 6) is 0. The molecule has 0 N–H and O–H groups in total. The third-order valence-corrected chi connectivity index (χ3v) is 22.8. The summed E-state index contributed by atoms with van der Waals surface area (Å²) >= 11 is 0.153. The van der Waals surface area contributed by atoms with Gasteiger partial charge in [0.05, 0.1) is 0 Å². The van der Waals surface area contributed by atoms with Gasteiger partial charge in [0.15, 0.2) is 0 Å². The molecule has 6 rings (SSSR count). The number of hydrogen-bond donors (Lipinski definition) is 0. The SMILES string of the molecule is C=CC1C[C@H](O[Si](c2ccccc2)(c2ccccc2)C(C)(C)C)[C@@H](CO[Si](c2ccccc2)(c2ccccc2)C(C)(C)C)OC(C[Se]c2ccccc2)O1. The standard InChI is InChI=1S/C47H56O4SeSi2/c1-8-37-34-43(51-54(47(5,6)7,41-30-20-12-21-31-41)42-32-22-13-23-33-42)44(50-45(49-37)36-52-38-24-14-9-15-25-38)35-48-53(46(2,3)4,39-26-16-10-17-27-39)40-28-18-11-19-29-40/h8-33,37,43-45H,1,34-36H2,2-7H3/t37?,43-,44+,45?/m0/s1. The zero-order valence-corrected chi connectivity index (χ0v) is 36.4. The van der Waals surface area contributed by atoms with Crippen LogP contribution < -0.4 is 25.2 Å². The van der Waals surface area contributed by atoms with E-state index in [0.717, 1.165) is 5.32 Å².